The molecule has 0 bridgehead atoms. The van der Waals surface area contributed by atoms with Gasteiger partial charge in [-0.2, -0.15) is 0 Å². The number of rotatable bonds is 1. The molecular formula is C5H9O. The lowest BCUT2D eigenvalue weighted by Crippen LogP contribution is -1.93. The van der Waals surface area contributed by atoms with Crippen molar-refractivity contribution in [1.82, 2.24) is 0 Å². The molecule has 6 heavy (non-hydrogen) atoms. The molecule has 0 aromatic carbocycles. The maximum Gasteiger partial charge on any atom is 0.113 e. The van der Waals surface area contributed by atoms with Crippen LogP contribution in [-0.2, 0) is 4.74 Å². The molecule has 35 valence electrons. The third-order valence-electron chi connectivity index (χ3n) is 0.950. The predicted molar refractivity (Wildman–Crippen MR) is 24.0 cm³/mol. The van der Waals surface area contributed by atoms with Crippen LogP contribution in [0.1, 0.15) is 13.8 Å². The molecule has 0 aromatic heterocycles. The molecule has 0 N–H and O–H groups in total. The molecule has 0 aromatic rings. The summed E-state index contributed by atoms with van der Waals surface area (Å²) in [5.41, 5.74) is 0. The van der Waals surface area contributed by atoms with Crippen molar-refractivity contribution >= 4 is 0 Å². The Morgan fingerprint density at radius 2 is 2.17 bits per heavy atom. The second-order valence-electron chi connectivity index (χ2n) is 1.98. The summed E-state index contributed by atoms with van der Waals surface area (Å²) in [5, 5.41) is 0. The van der Waals surface area contributed by atoms with Crippen LogP contribution in [0.4, 0.5) is 0 Å². The van der Waals surface area contributed by atoms with Gasteiger partial charge in [0, 0.05) is 0 Å². The van der Waals surface area contributed by atoms with Gasteiger partial charge in [-0.25, -0.2) is 0 Å². The Morgan fingerprint density at radius 3 is 2.17 bits per heavy atom. The minimum Gasteiger partial charge on any atom is -0.366 e. The molecule has 1 aliphatic heterocycles. The van der Waals surface area contributed by atoms with Crippen molar-refractivity contribution in [3.05, 3.63) is 6.61 Å². The van der Waals surface area contributed by atoms with E-state index >= 15 is 0 Å². The summed E-state index contributed by atoms with van der Waals surface area (Å²) in [6.45, 7) is 6.16. The second-order valence-corrected chi connectivity index (χ2v) is 1.98. The van der Waals surface area contributed by atoms with Crippen LogP contribution in [0.15, 0.2) is 0 Å². The van der Waals surface area contributed by atoms with Crippen LogP contribution >= 0.6 is 0 Å². The van der Waals surface area contributed by atoms with Crippen molar-refractivity contribution in [2.24, 2.45) is 5.92 Å². The fourth-order valence-corrected chi connectivity index (χ4v) is 0.360. The van der Waals surface area contributed by atoms with Crippen molar-refractivity contribution in [1.29, 1.82) is 0 Å². The van der Waals surface area contributed by atoms with Crippen LogP contribution < -0.4 is 0 Å². The standard InChI is InChI=1S/C5H9O/c1-4(2)5-3-6-5/h3-5H,1-2H3. The first-order valence-electron chi connectivity index (χ1n) is 2.29. The van der Waals surface area contributed by atoms with Gasteiger partial charge in [0.1, 0.15) is 6.61 Å². The number of hydrogen-bond acceptors (Lipinski definition) is 1. The van der Waals surface area contributed by atoms with E-state index in [1.165, 1.54) is 0 Å². The lowest BCUT2D eigenvalue weighted by molar-refractivity contribution is 0.364. The molecule has 1 radical (unpaired) electrons. The Hall–Kier alpha value is -0.0400. The lowest BCUT2D eigenvalue weighted by atomic mass is 10.2. The molecule has 0 saturated carbocycles. The molecule has 1 fully saturated rings. The van der Waals surface area contributed by atoms with Gasteiger partial charge in [0.15, 0.2) is 0 Å². The summed E-state index contributed by atoms with van der Waals surface area (Å²) < 4.78 is 4.84. The molecule has 0 spiro atoms. The summed E-state index contributed by atoms with van der Waals surface area (Å²) in [6.07, 6.45) is 0.477. The zero-order chi connectivity index (χ0) is 4.57. The zero-order valence-electron chi connectivity index (χ0n) is 4.14. The Morgan fingerprint density at radius 1 is 1.67 bits per heavy atom. The number of ether oxygens (including phenoxy) is 1. The van der Waals surface area contributed by atoms with Crippen molar-refractivity contribution in [3.63, 3.8) is 0 Å². The maximum absolute atomic E-state index is 4.84. The van der Waals surface area contributed by atoms with Gasteiger partial charge < -0.3 is 4.74 Å². The Bertz CT molecular complexity index is 45.9. The summed E-state index contributed by atoms with van der Waals surface area (Å²) in [4.78, 5) is 0. The first kappa shape index (κ1) is 4.13. The van der Waals surface area contributed by atoms with Gasteiger partial charge in [-0.05, 0) is 5.92 Å². The average molecular weight is 85.1 g/mol. The third kappa shape index (κ3) is 0.716. The highest BCUT2D eigenvalue weighted by Gasteiger charge is 2.26. The average Bonchev–Trinajstić information content (AvgIpc) is 2.06. The first-order valence-corrected chi connectivity index (χ1v) is 2.29. The molecule has 1 nitrogen and oxygen atoms in total. The normalized spacial score (nSPS) is 31.5. The fraction of sp³-hybridized carbons (Fsp3) is 0.800. The van der Waals surface area contributed by atoms with E-state index in [2.05, 4.69) is 13.8 Å². The third-order valence-corrected chi connectivity index (χ3v) is 0.950. The van der Waals surface area contributed by atoms with Crippen molar-refractivity contribution in [2.45, 2.75) is 20.0 Å². The van der Waals surface area contributed by atoms with Gasteiger partial charge in [-0.3, -0.25) is 0 Å². The second kappa shape index (κ2) is 1.23. The molecule has 0 aliphatic carbocycles. The summed E-state index contributed by atoms with van der Waals surface area (Å²) >= 11 is 0. The SMILES string of the molecule is CC(C)C1[CH]O1. The van der Waals surface area contributed by atoms with Crippen LogP contribution in [0.25, 0.3) is 0 Å². The summed E-state index contributed by atoms with van der Waals surface area (Å²) in [6, 6.07) is 0. The van der Waals surface area contributed by atoms with Crippen LogP contribution in [-0.4, -0.2) is 6.10 Å². The largest absolute Gasteiger partial charge is 0.366 e. The molecule has 0 amide bonds. The smallest absolute Gasteiger partial charge is 0.113 e. The van der Waals surface area contributed by atoms with Crippen LogP contribution in [0.5, 0.6) is 0 Å². The summed E-state index contributed by atoms with van der Waals surface area (Å²) in [7, 11) is 0. The van der Waals surface area contributed by atoms with E-state index in [9.17, 15) is 0 Å². The van der Waals surface area contributed by atoms with Crippen molar-refractivity contribution in [2.75, 3.05) is 0 Å². The van der Waals surface area contributed by atoms with Crippen LogP contribution in [0, 0.1) is 12.5 Å². The van der Waals surface area contributed by atoms with Gasteiger partial charge >= 0.3 is 0 Å². The Balaban J connectivity index is 2.13. The van der Waals surface area contributed by atoms with Crippen LogP contribution in [0.3, 0.4) is 0 Å². The molecule has 1 saturated heterocycles. The van der Waals surface area contributed by atoms with E-state index in [-0.39, 0.29) is 0 Å². The molecule has 1 aliphatic rings. The highest BCUT2D eigenvalue weighted by Crippen LogP contribution is 2.23. The Kier molecular flexibility index (Phi) is 0.845. The van der Waals surface area contributed by atoms with Gasteiger partial charge in [0.25, 0.3) is 0 Å². The van der Waals surface area contributed by atoms with E-state index in [1.807, 2.05) is 6.61 Å². The first-order chi connectivity index (χ1) is 2.80. The van der Waals surface area contributed by atoms with E-state index < -0.39 is 0 Å². The minimum absolute atomic E-state index is 0.477. The molecule has 1 heterocycles. The van der Waals surface area contributed by atoms with E-state index in [4.69, 9.17) is 4.74 Å². The molecular weight excluding hydrogens is 76.1 g/mol. The number of epoxide rings is 1. The minimum atomic E-state index is 0.477. The van der Waals surface area contributed by atoms with E-state index in [1.54, 1.807) is 0 Å². The summed E-state index contributed by atoms with van der Waals surface area (Å²) in [5.74, 6) is 0.685. The quantitative estimate of drug-likeness (QED) is 0.436. The molecule has 1 heteroatoms. The molecule has 1 rings (SSSR count). The monoisotopic (exact) mass is 85.1 g/mol. The molecule has 1 atom stereocenters. The molecule has 1 unspecified atom stereocenters. The zero-order valence-corrected chi connectivity index (χ0v) is 4.14. The highest BCUT2D eigenvalue weighted by atomic mass is 16.6. The van der Waals surface area contributed by atoms with E-state index in [0.29, 0.717) is 12.0 Å². The van der Waals surface area contributed by atoms with Crippen molar-refractivity contribution in [3.8, 4) is 0 Å². The van der Waals surface area contributed by atoms with E-state index in [0.717, 1.165) is 0 Å². The predicted octanol–water partition coefficient (Wildman–Crippen LogP) is 1.20. The topological polar surface area (TPSA) is 12.5 Å². The van der Waals surface area contributed by atoms with Gasteiger partial charge in [0.2, 0.25) is 0 Å². The lowest BCUT2D eigenvalue weighted by Gasteiger charge is -1.90. The Labute approximate surface area is 38.3 Å². The van der Waals surface area contributed by atoms with Gasteiger partial charge in [-0.15, -0.1) is 0 Å². The van der Waals surface area contributed by atoms with Gasteiger partial charge in [0.05, 0.1) is 6.10 Å². The highest BCUT2D eigenvalue weighted by molar-refractivity contribution is 4.84. The fourth-order valence-electron chi connectivity index (χ4n) is 0.360. The maximum atomic E-state index is 4.84. The number of hydrogen-bond donors (Lipinski definition) is 0. The van der Waals surface area contributed by atoms with Crippen LogP contribution in [0.2, 0.25) is 0 Å². The van der Waals surface area contributed by atoms with Gasteiger partial charge in [-0.1, -0.05) is 13.8 Å². The van der Waals surface area contributed by atoms with Crippen molar-refractivity contribution < 1.29 is 4.74 Å².